The molecule has 21 heavy (non-hydrogen) atoms. The molecule has 2 rings (SSSR count). The van der Waals surface area contributed by atoms with Gasteiger partial charge in [-0.05, 0) is 27.7 Å². The van der Waals surface area contributed by atoms with Gasteiger partial charge in [0, 0.05) is 37.2 Å². The first-order valence-corrected chi connectivity index (χ1v) is 8.47. The van der Waals surface area contributed by atoms with E-state index < -0.39 is 0 Å². The van der Waals surface area contributed by atoms with Crippen LogP contribution < -0.4 is 5.32 Å². The Morgan fingerprint density at radius 1 is 1.52 bits per heavy atom. The van der Waals surface area contributed by atoms with E-state index in [4.69, 9.17) is 4.74 Å². The molecular formula is C15H25N3O2S. The van der Waals surface area contributed by atoms with Crippen molar-refractivity contribution in [2.75, 3.05) is 19.7 Å². The zero-order valence-corrected chi connectivity index (χ0v) is 14.1. The molecule has 118 valence electrons. The second-order valence-corrected chi connectivity index (χ2v) is 6.61. The van der Waals surface area contributed by atoms with Gasteiger partial charge in [0.25, 0.3) is 0 Å². The van der Waals surface area contributed by atoms with E-state index in [1.807, 2.05) is 24.1 Å². The van der Waals surface area contributed by atoms with Crippen LogP contribution in [0.25, 0.3) is 0 Å². The first-order chi connectivity index (χ1) is 9.99. The molecule has 0 spiro atoms. The van der Waals surface area contributed by atoms with Crippen molar-refractivity contribution in [1.82, 2.24) is 15.2 Å². The van der Waals surface area contributed by atoms with Crippen LogP contribution in [0.15, 0.2) is 5.38 Å². The number of rotatable bonds is 5. The van der Waals surface area contributed by atoms with Crippen LogP contribution in [0.1, 0.15) is 44.5 Å². The Labute approximate surface area is 130 Å². The van der Waals surface area contributed by atoms with Gasteiger partial charge in [-0.25, -0.2) is 4.98 Å². The number of ether oxygens (including phenoxy) is 1. The summed E-state index contributed by atoms with van der Waals surface area (Å²) in [7, 11) is 0. The summed E-state index contributed by atoms with van der Waals surface area (Å²) >= 11 is 1.57. The number of hydrogen-bond acceptors (Lipinski definition) is 5. The maximum atomic E-state index is 12.4. The number of aromatic nitrogens is 1. The van der Waals surface area contributed by atoms with E-state index in [2.05, 4.69) is 24.1 Å². The normalized spacial score (nSPS) is 24.1. The van der Waals surface area contributed by atoms with Gasteiger partial charge in [-0.2, -0.15) is 0 Å². The van der Waals surface area contributed by atoms with Crippen LogP contribution in [0.2, 0.25) is 0 Å². The summed E-state index contributed by atoms with van der Waals surface area (Å²) in [4.78, 5) is 18.9. The van der Waals surface area contributed by atoms with Crippen LogP contribution in [-0.2, 0) is 16.0 Å². The minimum absolute atomic E-state index is 0.00285. The Bertz CT molecular complexity index is 467. The third-order valence-electron chi connectivity index (χ3n) is 3.58. The predicted molar refractivity (Wildman–Crippen MR) is 84.5 cm³/mol. The Kier molecular flexibility index (Phi) is 5.72. The van der Waals surface area contributed by atoms with E-state index in [1.165, 1.54) is 0 Å². The highest BCUT2D eigenvalue weighted by Gasteiger charge is 2.25. The molecule has 0 bridgehead atoms. The minimum atomic E-state index is 0.00285. The van der Waals surface area contributed by atoms with Crippen molar-refractivity contribution in [1.29, 1.82) is 0 Å². The monoisotopic (exact) mass is 311 g/mol. The molecule has 0 aromatic carbocycles. The van der Waals surface area contributed by atoms with Crippen molar-refractivity contribution in [3.63, 3.8) is 0 Å². The summed E-state index contributed by atoms with van der Waals surface area (Å²) in [5, 5.41) is 6.35. The number of carbonyl (C=O) groups excluding carboxylic acids is 1. The number of amides is 1. The quantitative estimate of drug-likeness (QED) is 0.903. The number of thiazole rings is 1. The summed E-state index contributed by atoms with van der Waals surface area (Å²) < 4.78 is 5.53. The number of nitrogens with zero attached hydrogens (tertiary/aromatic N) is 2. The van der Waals surface area contributed by atoms with Crippen molar-refractivity contribution in [2.24, 2.45) is 0 Å². The highest BCUT2D eigenvalue weighted by atomic mass is 32.1. The molecule has 3 atom stereocenters. The lowest BCUT2D eigenvalue weighted by Crippen LogP contribution is -2.56. The molecule has 0 aliphatic carbocycles. The predicted octanol–water partition coefficient (Wildman–Crippen LogP) is 1.99. The molecule has 1 saturated heterocycles. The van der Waals surface area contributed by atoms with E-state index in [0.29, 0.717) is 25.1 Å². The highest BCUT2D eigenvalue weighted by Crippen LogP contribution is 2.21. The SMILES string of the molecule is CCO[C@H](C)c1nc(CC(=O)N2C[C@H](C)N[C@@H](C)C2)cs1. The second-order valence-electron chi connectivity index (χ2n) is 5.72. The lowest BCUT2D eigenvalue weighted by atomic mass is 10.1. The number of piperazine rings is 1. The zero-order valence-electron chi connectivity index (χ0n) is 13.3. The molecule has 1 aliphatic heterocycles. The topological polar surface area (TPSA) is 54.5 Å². The average Bonchev–Trinajstić information content (AvgIpc) is 2.86. The van der Waals surface area contributed by atoms with Crippen LogP contribution in [0, 0.1) is 0 Å². The average molecular weight is 311 g/mol. The molecule has 0 radical (unpaired) electrons. The van der Waals surface area contributed by atoms with E-state index >= 15 is 0 Å². The lowest BCUT2D eigenvalue weighted by Gasteiger charge is -2.36. The third-order valence-corrected chi connectivity index (χ3v) is 4.63. The smallest absolute Gasteiger partial charge is 0.228 e. The molecule has 1 N–H and O–H groups in total. The van der Waals surface area contributed by atoms with Gasteiger partial charge in [0.05, 0.1) is 12.1 Å². The molecule has 1 aliphatic rings. The van der Waals surface area contributed by atoms with Gasteiger partial charge in [0.15, 0.2) is 0 Å². The molecule has 1 aromatic heterocycles. The Morgan fingerprint density at radius 2 is 2.19 bits per heavy atom. The third kappa shape index (κ3) is 4.49. The fourth-order valence-electron chi connectivity index (χ4n) is 2.71. The van der Waals surface area contributed by atoms with Crippen molar-refractivity contribution in [3.8, 4) is 0 Å². The van der Waals surface area contributed by atoms with Crippen LogP contribution in [0.5, 0.6) is 0 Å². The van der Waals surface area contributed by atoms with Crippen LogP contribution >= 0.6 is 11.3 Å². The van der Waals surface area contributed by atoms with Gasteiger partial charge in [-0.15, -0.1) is 11.3 Å². The molecule has 0 saturated carbocycles. The maximum absolute atomic E-state index is 12.4. The fraction of sp³-hybridized carbons (Fsp3) is 0.733. The van der Waals surface area contributed by atoms with Crippen LogP contribution in [-0.4, -0.2) is 47.6 Å². The minimum Gasteiger partial charge on any atom is -0.372 e. The summed E-state index contributed by atoms with van der Waals surface area (Å²) in [6.45, 7) is 10.4. The van der Waals surface area contributed by atoms with Crippen molar-refractivity contribution in [3.05, 3.63) is 16.1 Å². The largest absolute Gasteiger partial charge is 0.372 e. The second kappa shape index (κ2) is 7.33. The van der Waals surface area contributed by atoms with Crippen LogP contribution in [0.4, 0.5) is 0 Å². The molecule has 1 aromatic rings. The first-order valence-electron chi connectivity index (χ1n) is 7.59. The first kappa shape index (κ1) is 16.4. The number of carbonyl (C=O) groups is 1. The van der Waals surface area contributed by atoms with Crippen molar-refractivity contribution in [2.45, 2.75) is 52.3 Å². The van der Waals surface area contributed by atoms with E-state index in [9.17, 15) is 4.79 Å². The highest BCUT2D eigenvalue weighted by molar-refractivity contribution is 7.09. The van der Waals surface area contributed by atoms with Gasteiger partial charge >= 0.3 is 0 Å². The van der Waals surface area contributed by atoms with E-state index in [1.54, 1.807) is 11.3 Å². The Hall–Kier alpha value is -0.980. The van der Waals surface area contributed by atoms with Gasteiger partial charge in [0.2, 0.25) is 5.91 Å². The molecule has 0 unspecified atom stereocenters. The lowest BCUT2D eigenvalue weighted by molar-refractivity contribution is -0.132. The van der Waals surface area contributed by atoms with Crippen LogP contribution in [0.3, 0.4) is 0 Å². The summed E-state index contributed by atoms with van der Waals surface area (Å²) in [6, 6.07) is 0.698. The van der Waals surface area contributed by atoms with Gasteiger partial charge in [-0.1, -0.05) is 0 Å². The molecule has 2 heterocycles. The standard InChI is InChI=1S/C15H25N3O2S/c1-5-20-12(4)15-17-13(9-21-15)6-14(19)18-7-10(2)16-11(3)8-18/h9-12,16H,5-8H2,1-4H3/t10-,11-,12+/m0/s1. The molecule has 6 heteroatoms. The number of nitrogens with one attached hydrogen (secondary N) is 1. The summed E-state index contributed by atoms with van der Waals surface area (Å²) in [5.41, 5.74) is 0.852. The molecular weight excluding hydrogens is 286 g/mol. The summed E-state index contributed by atoms with van der Waals surface area (Å²) in [5.74, 6) is 0.163. The number of hydrogen-bond donors (Lipinski definition) is 1. The Balaban J connectivity index is 1.93. The zero-order chi connectivity index (χ0) is 15.4. The van der Waals surface area contributed by atoms with Gasteiger partial charge < -0.3 is 15.0 Å². The molecule has 1 fully saturated rings. The Morgan fingerprint density at radius 3 is 2.81 bits per heavy atom. The fourth-order valence-corrected chi connectivity index (χ4v) is 3.53. The van der Waals surface area contributed by atoms with Gasteiger partial charge in [0.1, 0.15) is 11.1 Å². The van der Waals surface area contributed by atoms with Crippen molar-refractivity contribution < 1.29 is 9.53 Å². The van der Waals surface area contributed by atoms with Crippen molar-refractivity contribution >= 4 is 17.2 Å². The summed E-state index contributed by atoms with van der Waals surface area (Å²) in [6.07, 6.45) is 0.387. The van der Waals surface area contributed by atoms with E-state index in [-0.39, 0.29) is 12.0 Å². The molecule has 5 nitrogen and oxygen atoms in total. The van der Waals surface area contributed by atoms with Gasteiger partial charge in [-0.3, -0.25) is 4.79 Å². The van der Waals surface area contributed by atoms with E-state index in [0.717, 1.165) is 23.8 Å². The maximum Gasteiger partial charge on any atom is 0.228 e. The molecule has 1 amide bonds.